The maximum Gasteiger partial charge on any atom is 0.318 e. The van der Waals surface area contributed by atoms with Crippen LogP contribution in [0.1, 0.15) is 36.1 Å². The van der Waals surface area contributed by atoms with Crippen LogP contribution >= 0.6 is 11.3 Å². The molecule has 0 bridgehead atoms. The summed E-state index contributed by atoms with van der Waals surface area (Å²) in [4.78, 5) is 33.6. The minimum absolute atomic E-state index is 0.147. The molecule has 4 N–H and O–H groups in total. The van der Waals surface area contributed by atoms with Crippen molar-refractivity contribution in [3.05, 3.63) is 16.8 Å². The summed E-state index contributed by atoms with van der Waals surface area (Å²) < 4.78 is 0. The summed E-state index contributed by atoms with van der Waals surface area (Å²) in [6, 6.07) is -0.521. The van der Waals surface area contributed by atoms with Crippen molar-refractivity contribution in [1.82, 2.24) is 15.3 Å². The van der Waals surface area contributed by atoms with Gasteiger partial charge in [0, 0.05) is 16.8 Å². The van der Waals surface area contributed by atoms with E-state index in [1.807, 2.05) is 0 Å². The third-order valence-corrected chi connectivity index (χ3v) is 5.77. The van der Waals surface area contributed by atoms with Gasteiger partial charge in [-0.2, -0.15) is 0 Å². The second-order valence-electron chi connectivity index (χ2n) is 6.23. The highest BCUT2D eigenvalue weighted by Crippen LogP contribution is 2.34. The van der Waals surface area contributed by atoms with Crippen molar-refractivity contribution in [2.75, 3.05) is 5.32 Å². The van der Waals surface area contributed by atoms with Crippen LogP contribution in [0.15, 0.2) is 6.33 Å². The topological polar surface area (TPSA) is 110 Å². The first-order chi connectivity index (χ1) is 11.5. The molecule has 2 aromatic rings. The number of aromatic nitrogens is 2. The first-order valence-electron chi connectivity index (χ1n) is 8.03. The third-order valence-electron chi connectivity index (χ3n) is 4.65. The first-order valence-corrected chi connectivity index (χ1v) is 8.85. The average molecular weight is 347 g/mol. The molecule has 1 aliphatic rings. The largest absolute Gasteiger partial charge is 0.367 e. The molecule has 0 aliphatic heterocycles. The van der Waals surface area contributed by atoms with E-state index in [0.29, 0.717) is 0 Å². The number of anilines is 1. The van der Waals surface area contributed by atoms with Gasteiger partial charge in [0.25, 0.3) is 0 Å². The lowest BCUT2D eigenvalue weighted by atomic mass is 9.85. The van der Waals surface area contributed by atoms with E-state index in [1.165, 1.54) is 10.4 Å². The smallest absolute Gasteiger partial charge is 0.318 e. The van der Waals surface area contributed by atoms with Crippen LogP contribution in [0, 0.1) is 19.8 Å². The number of fused-ring (bicyclic) bond motifs is 1. The quantitative estimate of drug-likeness (QED) is 0.790. The van der Waals surface area contributed by atoms with Gasteiger partial charge in [-0.15, -0.1) is 11.3 Å². The molecule has 0 aromatic carbocycles. The van der Waals surface area contributed by atoms with Crippen LogP contribution in [0.3, 0.4) is 0 Å². The monoisotopic (exact) mass is 347 g/mol. The van der Waals surface area contributed by atoms with Gasteiger partial charge in [-0.1, -0.05) is 0 Å². The molecule has 1 aliphatic carbocycles. The Hall–Kier alpha value is -2.22. The molecular formula is C16H21N5O2S. The highest BCUT2D eigenvalue weighted by Gasteiger charge is 2.27. The zero-order chi connectivity index (χ0) is 17.3. The number of thiophene rings is 1. The number of nitrogens with two attached hydrogens (primary N) is 1. The fraction of sp³-hybridized carbons (Fsp3) is 0.500. The number of aryl methyl sites for hydroxylation is 2. The number of nitrogens with one attached hydrogen (secondary N) is 2. The lowest BCUT2D eigenvalue weighted by molar-refractivity contribution is -0.124. The zero-order valence-electron chi connectivity index (χ0n) is 13.8. The molecule has 128 valence electrons. The predicted molar refractivity (Wildman–Crippen MR) is 94.0 cm³/mol. The van der Waals surface area contributed by atoms with E-state index in [9.17, 15) is 9.59 Å². The zero-order valence-corrected chi connectivity index (χ0v) is 14.6. The SMILES string of the molecule is Cc1sc2ncnc(NC3CCC(C(=O)NC(N)=O)CC3)c2c1C. The highest BCUT2D eigenvalue weighted by molar-refractivity contribution is 7.18. The van der Waals surface area contributed by atoms with Crippen molar-refractivity contribution in [3.63, 3.8) is 0 Å². The number of hydrogen-bond acceptors (Lipinski definition) is 6. The second kappa shape index (κ2) is 6.72. The Labute approximate surface area is 144 Å². The predicted octanol–water partition coefficient (Wildman–Crippen LogP) is 2.47. The summed E-state index contributed by atoms with van der Waals surface area (Å²) in [5.41, 5.74) is 6.22. The molecule has 7 nitrogen and oxygen atoms in total. The van der Waals surface area contributed by atoms with Gasteiger partial charge in [0.1, 0.15) is 17.0 Å². The number of urea groups is 1. The number of primary amides is 1. The number of rotatable bonds is 3. The molecule has 3 amide bonds. The van der Waals surface area contributed by atoms with Gasteiger partial charge < -0.3 is 11.1 Å². The van der Waals surface area contributed by atoms with Crippen LogP contribution in [-0.4, -0.2) is 27.9 Å². The molecule has 3 rings (SSSR count). The summed E-state index contributed by atoms with van der Waals surface area (Å²) in [5, 5.41) is 6.77. The maximum absolute atomic E-state index is 11.8. The lowest BCUT2D eigenvalue weighted by Gasteiger charge is -2.28. The van der Waals surface area contributed by atoms with Gasteiger partial charge in [0.15, 0.2) is 0 Å². The first kappa shape index (κ1) is 16.6. The maximum atomic E-state index is 11.8. The summed E-state index contributed by atoms with van der Waals surface area (Å²) in [5.74, 6) is 0.452. The highest BCUT2D eigenvalue weighted by atomic mass is 32.1. The summed E-state index contributed by atoms with van der Waals surface area (Å²) in [6.07, 6.45) is 4.75. The fourth-order valence-electron chi connectivity index (χ4n) is 3.21. The van der Waals surface area contributed by atoms with Gasteiger partial charge >= 0.3 is 6.03 Å². The Kier molecular flexibility index (Phi) is 4.66. The standard InChI is InChI=1S/C16H21N5O2S/c1-8-9(2)24-15-12(8)13(18-7-19-15)20-11-5-3-10(4-6-11)14(22)21-16(17)23/h7,10-11H,3-6H2,1-2H3,(H,18,19,20)(H3,17,21,22,23). The molecule has 0 saturated heterocycles. The number of hydrogen-bond donors (Lipinski definition) is 3. The summed E-state index contributed by atoms with van der Waals surface area (Å²) >= 11 is 1.68. The van der Waals surface area contributed by atoms with Crippen LogP contribution in [0.25, 0.3) is 10.2 Å². The van der Waals surface area contributed by atoms with Crippen LogP contribution in [0.2, 0.25) is 0 Å². The minimum atomic E-state index is -0.785. The number of carbonyl (C=O) groups is 2. The van der Waals surface area contributed by atoms with Gasteiger partial charge in [-0.3, -0.25) is 10.1 Å². The molecule has 2 heterocycles. The number of nitrogens with zero attached hydrogens (tertiary/aromatic N) is 2. The molecule has 0 unspecified atom stereocenters. The number of imide groups is 1. The van der Waals surface area contributed by atoms with E-state index in [0.717, 1.165) is 41.7 Å². The Bertz CT molecular complexity index is 780. The van der Waals surface area contributed by atoms with Crippen LogP contribution < -0.4 is 16.4 Å². The van der Waals surface area contributed by atoms with E-state index in [4.69, 9.17) is 5.73 Å². The molecule has 0 spiro atoms. The van der Waals surface area contributed by atoms with Crippen molar-refractivity contribution >= 4 is 39.3 Å². The Balaban J connectivity index is 1.67. The number of carbonyl (C=O) groups excluding carboxylic acids is 2. The molecule has 1 fully saturated rings. The average Bonchev–Trinajstić information content (AvgIpc) is 2.83. The molecule has 8 heteroatoms. The lowest BCUT2D eigenvalue weighted by Crippen LogP contribution is -2.41. The minimum Gasteiger partial charge on any atom is -0.367 e. The van der Waals surface area contributed by atoms with Crippen molar-refractivity contribution in [1.29, 1.82) is 0 Å². The molecule has 0 radical (unpaired) electrons. The van der Waals surface area contributed by atoms with Crippen LogP contribution in [0.5, 0.6) is 0 Å². The molecule has 24 heavy (non-hydrogen) atoms. The van der Waals surface area contributed by atoms with Gasteiger partial charge in [0.2, 0.25) is 5.91 Å². The van der Waals surface area contributed by atoms with Gasteiger partial charge in [0.05, 0.1) is 5.39 Å². The van der Waals surface area contributed by atoms with E-state index in [1.54, 1.807) is 17.7 Å². The van der Waals surface area contributed by atoms with E-state index in [2.05, 4.69) is 34.4 Å². The van der Waals surface area contributed by atoms with Crippen molar-refractivity contribution in [2.24, 2.45) is 11.7 Å². The molecule has 1 saturated carbocycles. The second-order valence-corrected chi connectivity index (χ2v) is 7.44. The van der Waals surface area contributed by atoms with E-state index in [-0.39, 0.29) is 17.9 Å². The van der Waals surface area contributed by atoms with E-state index < -0.39 is 6.03 Å². The van der Waals surface area contributed by atoms with Crippen molar-refractivity contribution in [2.45, 2.75) is 45.6 Å². The summed E-state index contributed by atoms with van der Waals surface area (Å²) in [6.45, 7) is 4.18. The van der Waals surface area contributed by atoms with Gasteiger partial charge in [-0.25, -0.2) is 14.8 Å². The molecule has 0 atom stereocenters. The normalized spacial score (nSPS) is 20.8. The summed E-state index contributed by atoms with van der Waals surface area (Å²) in [7, 11) is 0. The van der Waals surface area contributed by atoms with Crippen molar-refractivity contribution in [3.8, 4) is 0 Å². The van der Waals surface area contributed by atoms with Gasteiger partial charge in [-0.05, 0) is 45.1 Å². The van der Waals surface area contributed by atoms with Crippen LogP contribution in [-0.2, 0) is 4.79 Å². The Morgan fingerprint density at radius 3 is 2.58 bits per heavy atom. The van der Waals surface area contributed by atoms with Crippen LogP contribution in [0.4, 0.5) is 10.6 Å². The molecular weight excluding hydrogens is 326 g/mol. The number of amides is 3. The Morgan fingerprint density at radius 2 is 1.92 bits per heavy atom. The van der Waals surface area contributed by atoms with Crippen molar-refractivity contribution < 1.29 is 9.59 Å². The Morgan fingerprint density at radius 1 is 1.21 bits per heavy atom. The third kappa shape index (κ3) is 3.33. The van der Waals surface area contributed by atoms with E-state index >= 15 is 0 Å². The molecule has 2 aromatic heterocycles. The fourth-order valence-corrected chi connectivity index (χ4v) is 4.21.